The normalized spacial score (nSPS) is 26.6. The summed E-state index contributed by atoms with van der Waals surface area (Å²) in [7, 11) is 2.53. The Balaban J connectivity index is 0. The first-order chi connectivity index (χ1) is 7.99. The van der Waals surface area contributed by atoms with Crippen LogP contribution in [0.25, 0.3) is 0 Å². The van der Waals surface area contributed by atoms with Crippen molar-refractivity contribution in [3.05, 3.63) is 0 Å². The first-order valence-corrected chi connectivity index (χ1v) is 5.35. The predicted molar refractivity (Wildman–Crippen MR) is 72.5 cm³/mol. The van der Waals surface area contributed by atoms with Crippen molar-refractivity contribution in [2.24, 2.45) is 5.73 Å². The minimum Gasteiger partial charge on any atom is -0.468 e. The third-order valence-electron chi connectivity index (χ3n) is 2.85. The Morgan fingerprint density at radius 3 is 2.42 bits per heavy atom. The van der Waals surface area contributed by atoms with E-state index in [9.17, 15) is 14.7 Å². The van der Waals surface area contributed by atoms with Gasteiger partial charge in [-0.25, -0.2) is 0 Å². The standard InChI is InChI=1S/C10H18N2O5.2ClH/c1-16-9(14)5(11)3-6-8(13)4-7(12-6)10(15)17-2;;/h5-8,12-13H,3-4,11H2,1-2H3;2*1H/t5-,6-,7-,8+;;/m0../s1. The van der Waals surface area contributed by atoms with Crippen LogP contribution in [0.4, 0.5) is 0 Å². The van der Waals surface area contributed by atoms with E-state index in [1.165, 1.54) is 14.2 Å². The van der Waals surface area contributed by atoms with Crippen LogP contribution in [0.2, 0.25) is 0 Å². The molecule has 0 amide bonds. The maximum Gasteiger partial charge on any atom is 0.322 e. The zero-order chi connectivity index (χ0) is 13.0. The highest BCUT2D eigenvalue weighted by molar-refractivity contribution is 5.85. The van der Waals surface area contributed by atoms with Crippen LogP contribution in [0, 0.1) is 0 Å². The topological polar surface area (TPSA) is 111 Å². The number of nitrogens with one attached hydrogen (secondary N) is 1. The number of ether oxygens (including phenoxy) is 2. The van der Waals surface area contributed by atoms with Gasteiger partial charge in [-0.2, -0.15) is 0 Å². The first kappa shape index (κ1) is 20.7. The highest BCUT2D eigenvalue weighted by Crippen LogP contribution is 2.18. The van der Waals surface area contributed by atoms with E-state index in [2.05, 4.69) is 14.8 Å². The number of aliphatic hydroxyl groups excluding tert-OH is 1. The first-order valence-electron chi connectivity index (χ1n) is 5.35. The molecule has 0 unspecified atom stereocenters. The average molecular weight is 319 g/mol. The summed E-state index contributed by atoms with van der Waals surface area (Å²) in [5.74, 6) is -0.973. The summed E-state index contributed by atoms with van der Waals surface area (Å²) in [5, 5.41) is 12.6. The summed E-state index contributed by atoms with van der Waals surface area (Å²) in [6.45, 7) is 0. The van der Waals surface area contributed by atoms with Gasteiger partial charge in [0.15, 0.2) is 0 Å². The van der Waals surface area contributed by atoms with Crippen LogP contribution in [0.5, 0.6) is 0 Å². The third-order valence-corrected chi connectivity index (χ3v) is 2.85. The number of halogens is 2. The molecule has 1 aliphatic rings. The van der Waals surface area contributed by atoms with Crippen molar-refractivity contribution < 1.29 is 24.2 Å². The number of hydrogen-bond acceptors (Lipinski definition) is 7. The molecule has 1 heterocycles. The van der Waals surface area contributed by atoms with Gasteiger partial charge in [0.25, 0.3) is 0 Å². The lowest BCUT2D eigenvalue weighted by molar-refractivity contribution is -0.143. The molecule has 0 aromatic rings. The molecule has 19 heavy (non-hydrogen) atoms. The number of carbonyl (C=O) groups excluding carboxylic acids is 2. The molecule has 4 N–H and O–H groups in total. The molecule has 0 saturated carbocycles. The molecular formula is C10H20Cl2N2O5. The maximum atomic E-state index is 11.3. The Morgan fingerprint density at radius 2 is 1.95 bits per heavy atom. The SMILES string of the molecule is COC(=O)[C@@H]1C[C@@H](O)[C@H](C[C@H](N)C(=O)OC)N1.Cl.Cl. The molecular weight excluding hydrogens is 299 g/mol. The molecule has 0 spiro atoms. The van der Waals surface area contributed by atoms with Gasteiger partial charge in [0.2, 0.25) is 0 Å². The molecule has 114 valence electrons. The number of nitrogens with two attached hydrogens (primary N) is 1. The third kappa shape index (κ3) is 5.50. The zero-order valence-corrected chi connectivity index (χ0v) is 12.3. The molecule has 0 aliphatic carbocycles. The van der Waals surface area contributed by atoms with E-state index in [1.54, 1.807) is 0 Å². The van der Waals surface area contributed by atoms with Gasteiger partial charge < -0.3 is 20.3 Å². The second-order valence-corrected chi connectivity index (χ2v) is 4.02. The molecule has 1 aliphatic heterocycles. The summed E-state index contributed by atoms with van der Waals surface area (Å²) < 4.78 is 9.06. The molecule has 1 rings (SSSR count). The number of aliphatic hydroxyl groups is 1. The molecule has 1 fully saturated rings. The number of esters is 2. The average Bonchev–Trinajstić information content (AvgIpc) is 2.68. The van der Waals surface area contributed by atoms with Gasteiger partial charge in [0.05, 0.1) is 20.3 Å². The van der Waals surface area contributed by atoms with E-state index >= 15 is 0 Å². The number of carbonyl (C=O) groups is 2. The quantitative estimate of drug-likeness (QED) is 0.569. The fourth-order valence-corrected chi connectivity index (χ4v) is 1.90. The lowest BCUT2D eigenvalue weighted by Gasteiger charge is -2.18. The van der Waals surface area contributed by atoms with E-state index in [4.69, 9.17) is 5.73 Å². The maximum absolute atomic E-state index is 11.3. The largest absolute Gasteiger partial charge is 0.468 e. The molecule has 0 aromatic heterocycles. The van der Waals surface area contributed by atoms with Crippen LogP contribution in [0.3, 0.4) is 0 Å². The highest BCUT2D eigenvalue weighted by Gasteiger charge is 2.38. The van der Waals surface area contributed by atoms with Crippen LogP contribution >= 0.6 is 24.8 Å². The van der Waals surface area contributed by atoms with Crippen LogP contribution in [0.15, 0.2) is 0 Å². The smallest absolute Gasteiger partial charge is 0.322 e. The lowest BCUT2D eigenvalue weighted by atomic mass is 10.0. The summed E-state index contributed by atoms with van der Waals surface area (Å²) in [6, 6.07) is -1.78. The van der Waals surface area contributed by atoms with Crippen molar-refractivity contribution in [2.45, 2.75) is 37.1 Å². The van der Waals surface area contributed by atoms with Gasteiger partial charge in [0, 0.05) is 12.5 Å². The number of rotatable bonds is 4. The van der Waals surface area contributed by atoms with Crippen molar-refractivity contribution in [2.75, 3.05) is 14.2 Å². The number of methoxy groups -OCH3 is 2. The minimum absolute atomic E-state index is 0. The molecule has 4 atom stereocenters. The molecule has 0 bridgehead atoms. The predicted octanol–water partition coefficient (Wildman–Crippen LogP) is -1.02. The van der Waals surface area contributed by atoms with E-state index < -0.39 is 36.2 Å². The van der Waals surface area contributed by atoms with Gasteiger partial charge in [-0.1, -0.05) is 0 Å². The lowest BCUT2D eigenvalue weighted by Crippen LogP contribution is -2.44. The summed E-state index contributed by atoms with van der Waals surface area (Å²) in [5.41, 5.74) is 5.58. The van der Waals surface area contributed by atoms with Crippen LogP contribution in [-0.4, -0.2) is 55.5 Å². The van der Waals surface area contributed by atoms with Gasteiger partial charge in [-0.05, 0) is 6.42 Å². The Bertz CT molecular complexity index is 306. The monoisotopic (exact) mass is 318 g/mol. The summed E-state index contributed by atoms with van der Waals surface area (Å²) >= 11 is 0. The Labute approximate surface area is 124 Å². The van der Waals surface area contributed by atoms with Gasteiger partial charge >= 0.3 is 11.9 Å². The zero-order valence-electron chi connectivity index (χ0n) is 10.7. The van der Waals surface area contributed by atoms with Crippen molar-refractivity contribution in [3.8, 4) is 0 Å². The highest BCUT2D eigenvalue weighted by atomic mass is 35.5. The van der Waals surface area contributed by atoms with Crippen molar-refractivity contribution in [1.29, 1.82) is 0 Å². The van der Waals surface area contributed by atoms with E-state index in [0.717, 1.165) is 0 Å². The van der Waals surface area contributed by atoms with E-state index in [0.29, 0.717) is 0 Å². The fourth-order valence-electron chi connectivity index (χ4n) is 1.90. The Hall–Kier alpha value is -0.600. The number of hydrogen-bond donors (Lipinski definition) is 3. The second kappa shape index (κ2) is 9.33. The minimum atomic E-state index is -0.816. The van der Waals surface area contributed by atoms with Gasteiger partial charge in [-0.15, -0.1) is 24.8 Å². The van der Waals surface area contributed by atoms with Gasteiger partial charge in [0.1, 0.15) is 12.1 Å². The summed E-state index contributed by atoms with van der Waals surface area (Å²) in [4.78, 5) is 22.4. The van der Waals surface area contributed by atoms with E-state index in [-0.39, 0.29) is 37.7 Å². The van der Waals surface area contributed by atoms with Crippen molar-refractivity contribution >= 4 is 36.8 Å². The molecule has 0 aromatic carbocycles. The van der Waals surface area contributed by atoms with Crippen molar-refractivity contribution in [3.63, 3.8) is 0 Å². The van der Waals surface area contributed by atoms with Crippen LogP contribution < -0.4 is 11.1 Å². The molecule has 7 nitrogen and oxygen atoms in total. The molecule has 1 saturated heterocycles. The summed E-state index contributed by atoms with van der Waals surface area (Å²) in [6.07, 6.45) is -0.262. The molecule has 0 radical (unpaired) electrons. The Kier molecular flexibility index (Phi) is 10.2. The second-order valence-electron chi connectivity index (χ2n) is 4.02. The van der Waals surface area contributed by atoms with Crippen LogP contribution in [-0.2, 0) is 19.1 Å². The fraction of sp³-hybridized carbons (Fsp3) is 0.800. The van der Waals surface area contributed by atoms with E-state index in [1.807, 2.05) is 0 Å². The van der Waals surface area contributed by atoms with Gasteiger partial charge in [-0.3, -0.25) is 14.9 Å². The Morgan fingerprint density at radius 1 is 1.37 bits per heavy atom. The van der Waals surface area contributed by atoms with Crippen LogP contribution in [0.1, 0.15) is 12.8 Å². The molecule has 9 heteroatoms. The van der Waals surface area contributed by atoms with Crippen molar-refractivity contribution in [1.82, 2.24) is 5.32 Å².